The summed E-state index contributed by atoms with van der Waals surface area (Å²) in [6.07, 6.45) is 27.2. The van der Waals surface area contributed by atoms with E-state index in [-0.39, 0.29) is 1.43 Å². The highest BCUT2D eigenvalue weighted by Crippen LogP contribution is 2.42. The molecule has 0 amide bonds. The van der Waals surface area contributed by atoms with Gasteiger partial charge >= 0.3 is 0 Å². The Labute approximate surface area is 247 Å². The van der Waals surface area contributed by atoms with Crippen molar-refractivity contribution >= 4 is 5.57 Å². The summed E-state index contributed by atoms with van der Waals surface area (Å²) in [7, 11) is 0. The molecule has 216 valence electrons. The summed E-state index contributed by atoms with van der Waals surface area (Å²) in [6.45, 7) is 11.2. The third-order valence-corrected chi connectivity index (χ3v) is 9.23. The van der Waals surface area contributed by atoms with Gasteiger partial charge in [0, 0.05) is 24.7 Å². The van der Waals surface area contributed by atoms with Gasteiger partial charge in [0.2, 0.25) is 0 Å². The van der Waals surface area contributed by atoms with Gasteiger partial charge in [-0.05, 0) is 113 Å². The van der Waals surface area contributed by atoms with Crippen LogP contribution in [0.4, 0.5) is 0 Å². The predicted molar refractivity (Wildman–Crippen MR) is 177 cm³/mol. The summed E-state index contributed by atoms with van der Waals surface area (Å²) in [5.41, 5.74) is 11.0. The summed E-state index contributed by atoms with van der Waals surface area (Å²) in [5, 5.41) is 0. The van der Waals surface area contributed by atoms with Gasteiger partial charge in [0.25, 0.3) is 0 Å². The SMILES string of the molecule is C/C=C(/CC(C(/C=C\CCC=C(C)CCC1CCCC1)=C\C)c1ccc(C2CC2)nc1CC)c1ccc(C)cc1.[HH]. The van der Waals surface area contributed by atoms with Gasteiger partial charge in [0.1, 0.15) is 0 Å². The Bertz CT molecular complexity index is 1200. The molecular formula is C39H55N. The zero-order valence-corrected chi connectivity index (χ0v) is 26.0. The van der Waals surface area contributed by atoms with Gasteiger partial charge < -0.3 is 0 Å². The summed E-state index contributed by atoms with van der Waals surface area (Å²) in [4.78, 5) is 5.20. The van der Waals surface area contributed by atoms with Crippen molar-refractivity contribution in [2.24, 2.45) is 5.92 Å². The summed E-state index contributed by atoms with van der Waals surface area (Å²) < 4.78 is 0. The number of unbranched alkanes of at least 4 members (excludes halogenated alkanes) is 1. The topological polar surface area (TPSA) is 12.9 Å². The van der Waals surface area contributed by atoms with Crippen molar-refractivity contribution in [3.8, 4) is 0 Å². The molecule has 2 aliphatic carbocycles. The number of benzene rings is 1. The van der Waals surface area contributed by atoms with Crippen molar-refractivity contribution in [3.05, 3.63) is 106 Å². The molecule has 2 aliphatic rings. The smallest absolute Gasteiger partial charge is 0.0442 e. The molecule has 0 spiro atoms. The average molecular weight is 538 g/mol. The molecule has 1 unspecified atom stereocenters. The maximum absolute atomic E-state index is 5.20. The first kappa shape index (κ1) is 30.3. The molecule has 0 radical (unpaired) electrons. The Morgan fingerprint density at radius 1 is 0.975 bits per heavy atom. The van der Waals surface area contributed by atoms with Crippen LogP contribution in [0.25, 0.3) is 5.57 Å². The number of hydrogen-bond donors (Lipinski definition) is 0. The van der Waals surface area contributed by atoms with Gasteiger partial charge in [-0.15, -0.1) is 0 Å². The lowest BCUT2D eigenvalue weighted by atomic mass is 9.81. The first-order valence-corrected chi connectivity index (χ1v) is 16.2. The van der Waals surface area contributed by atoms with Gasteiger partial charge in [0.05, 0.1) is 0 Å². The van der Waals surface area contributed by atoms with Crippen molar-refractivity contribution < 1.29 is 1.43 Å². The molecule has 0 bridgehead atoms. The Morgan fingerprint density at radius 3 is 2.38 bits per heavy atom. The molecular weight excluding hydrogens is 482 g/mol. The van der Waals surface area contributed by atoms with E-state index in [2.05, 4.69) is 101 Å². The van der Waals surface area contributed by atoms with Gasteiger partial charge in [-0.1, -0.05) is 104 Å². The number of aromatic nitrogens is 1. The Morgan fingerprint density at radius 2 is 1.73 bits per heavy atom. The van der Waals surface area contributed by atoms with E-state index in [9.17, 15) is 0 Å². The summed E-state index contributed by atoms with van der Waals surface area (Å²) >= 11 is 0. The second kappa shape index (κ2) is 15.4. The first-order valence-electron chi connectivity index (χ1n) is 16.2. The van der Waals surface area contributed by atoms with Gasteiger partial charge in [-0.2, -0.15) is 0 Å². The summed E-state index contributed by atoms with van der Waals surface area (Å²) in [5.74, 6) is 1.97. The highest BCUT2D eigenvalue weighted by Gasteiger charge is 2.27. The van der Waals surface area contributed by atoms with Crippen LogP contribution >= 0.6 is 0 Å². The first-order chi connectivity index (χ1) is 19.5. The van der Waals surface area contributed by atoms with E-state index in [4.69, 9.17) is 4.98 Å². The number of hydrogen-bond acceptors (Lipinski definition) is 1. The second-order valence-electron chi connectivity index (χ2n) is 12.3. The van der Waals surface area contributed by atoms with Crippen molar-refractivity contribution in [1.29, 1.82) is 0 Å². The number of aryl methyl sites for hydroxylation is 2. The maximum atomic E-state index is 5.20. The lowest BCUT2D eigenvalue weighted by Gasteiger charge is -2.24. The molecule has 1 atom stereocenters. The van der Waals surface area contributed by atoms with Crippen molar-refractivity contribution in [3.63, 3.8) is 0 Å². The molecule has 1 heterocycles. The molecule has 1 heteroatoms. The van der Waals surface area contributed by atoms with Crippen LogP contribution in [0.15, 0.2) is 77.9 Å². The fourth-order valence-corrected chi connectivity index (χ4v) is 6.43. The Hall–Kier alpha value is -2.67. The molecule has 4 rings (SSSR count). The van der Waals surface area contributed by atoms with Gasteiger partial charge in [-0.25, -0.2) is 0 Å². The van der Waals surface area contributed by atoms with Crippen LogP contribution in [0.1, 0.15) is 140 Å². The standard InChI is InChI=1S/C39H53N.H2/c1-6-32(17-11-9-10-14-29(4)18-21-31-15-12-13-16-31)37(28-33(7-2)34-22-19-30(5)20-23-34)36-26-27-39(35-24-25-35)40-38(36)8-3;/h6-7,11,14,17,19-20,22-23,26-27,31,35,37H,8-10,12-13,15-16,18,21,24-25,28H2,1-5H3;1H/b17-11-,29-14?,32-6-,33-7-;. The minimum atomic E-state index is 0. The monoisotopic (exact) mass is 537 g/mol. The van der Waals surface area contributed by atoms with Crippen LogP contribution < -0.4 is 0 Å². The molecule has 2 aromatic rings. The van der Waals surface area contributed by atoms with Gasteiger partial charge in [-0.3, -0.25) is 4.98 Å². The van der Waals surface area contributed by atoms with E-state index < -0.39 is 0 Å². The number of rotatable bonds is 14. The quantitative estimate of drug-likeness (QED) is 0.133. The van der Waals surface area contributed by atoms with Crippen LogP contribution in [0, 0.1) is 12.8 Å². The normalized spacial score (nSPS) is 18.2. The molecule has 2 saturated carbocycles. The Balaban J connectivity index is 0.00000462. The van der Waals surface area contributed by atoms with Crippen molar-refractivity contribution in [2.45, 2.75) is 124 Å². The van der Waals surface area contributed by atoms with Crippen LogP contribution in [0.3, 0.4) is 0 Å². The minimum absolute atomic E-state index is 0. The molecule has 0 N–H and O–H groups in total. The van der Waals surface area contributed by atoms with Crippen LogP contribution in [0.2, 0.25) is 0 Å². The summed E-state index contributed by atoms with van der Waals surface area (Å²) in [6, 6.07) is 13.7. The lowest BCUT2D eigenvalue weighted by Crippen LogP contribution is -2.09. The third kappa shape index (κ3) is 8.66. The molecule has 40 heavy (non-hydrogen) atoms. The van der Waals surface area contributed by atoms with E-state index in [1.807, 2.05) is 0 Å². The van der Waals surface area contributed by atoms with Crippen molar-refractivity contribution in [2.75, 3.05) is 0 Å². The number of nitrogens with zero attached hydrogens (tertiary/aromatic N) is 1. The molecule has 1 nitrogen and oxygen atoms in total. The Kier molecular flexibility index (Phi) is 11.6. The van der Waals surface area contributed by atoms with E-state index in [1.54, 1.807) is 5.57 Å². The molecule has 0 saturated heterocycles. The fraction of sp³-hybridized carbons (Fsp3) is 0.513. The molecule has 0 aliphatic heterocycles. The molecule has 1 aromatic carbocycles. The van der Waals surface area contributed by atoms with E-state index in [1.165, 1.54) is 90.6 Å². The van der Waals surface area contributed by atoms with E-state index >= 15 is 0 Å². The zero-order valence-electron chi connectivity index (χ0n) is 26.0. The van der Waals surface area contributed by atoms with Crippen LogP contribution in [-0.4, -0.2) is 4.98 Å². The minimum Gasteiger partial charge on any atom is -0.257 e. The molecule has 2 fully saturated rings. The lowest BCUT2D eigenvalue weighted by molar-refractivity contribution is 0.502. The third-order valence-electron chi connectivity index (χ3n) is 9.23. The number of allylic oxidation sites excluding steroid dienone is 8. The zero-order chi connectivity index (χ0) is 28.3. The average Bonchev–Trinajstić information content (AvgIpc) is 3.70. The van der Waals surface area contributed by atoms with Crippen LogP contribution in [0.5, 0.6) is 0 Å². The maximum Gasteiger partial charge on any atom is 0.0442 e. The highest BCUT2D eigenvalue weighted by atomic mass is 14.7. The molecule has 1 aromatic heterocycles. The van der Waals surface area contributed by atoms with Gasteiger partial charge in [0.15, 0.2) is 0 Å². The van der Waals surface area contributed by atoms with E-state index in [0.29, 0.717) is 11.8 Å². The fourth-order valence-electron chi connectivity index (χ4n) is 6.43. The second-order valence-corrected chi connectivity index (χ2v) is 12.3. The highest BCUT2D eigenvalue weighted by molar-refractivity contribution is 5.67. The van der Waals surface area contributed by atoms with Crippen LogP contribution in [-0.2, 0) is 6.42 Å². The predicted octanol–water partition coefficient (Wildman–Crippen LogP) is 11.9. The van der Waals surface area contributed by atoms with Crippen molar-refractivity contribution in [1.82, 2.24) is 4.98 Å². The largest absolute Gasteiger partial charge is 0.257 e. The number of pyridine rings is 1. The van der Waals surface area contributed by atoms with E-state index in [0.717, 1.165) is 31.6 Å².